The van der Waals surface area contributed by atoms with E-state index in [1.165, 1.54) is 6.07 Å². The summed E-state index contributed by atoms with van der Waals surface area (Å²) in [7, 11) is 1.70. The number of likely N-dealkylation sites (N-methyl/N-ethyl adjacent to an activating group) is 1. The van der Waals surface area contributed by atoms with Crippen molar-refractivity contribution in [3.8, 4) is 5.75 Å². The number of nitrogens with zero attached hydrogens (tertiary/aromatic N) is 4. The van der Waals surface area contributed by atoms with E-state index in [1.54, 1.807) is 32.7 Å². The molecule has 34 heavy (non-hydrogen) atoms. The molecule has 0 spiro atoms. The Bertz CT molecular complexity index is 1050. The van der Waals surface area contributed by atoms with Crippen LogP contribution < -0.4 is 20.3 Å². The van der Waals surface area contributed by atoms with Crippen LogP contribution >= 0.6 is 0 Å². The van der Waals surface area contributed by atoms with Gasteiger partial charge in [-0.3, -0.25) is 4.79 Å². The molecule has 1 fully saturated rings. The summed E-state index contributed by atoms with van der Waals surface area (Å²) < 4.78 is 43.5. The van der Waals surface area contributed by atoms with E-state index in [1.807, 2.05) is 0 Å². The first-order valence-corrected chi connectivity index (χ1v) is 10.4. The maximum absolute atomic E-state index is 12.6. The molecule has 0 unspecified atom stereocenters. The van der Waals surface area contributed by atoms with Gasteiger partial charge in [-0.1, -0.05) is 7.43 Å². The topological polar surface area (TPSA) is 112 Å². The number of carbonyl (C=O) groups excluding carboxylic acids is 1. The third-order valence-electron chi connectivity index (χ3n) is 5.72. The first-order valence-electron chi connectivity index (χ1n) is 10.4. The van der Waals surface area contributed by atoms with Gasteiger partial charge in [0.1, 0.15) is 29.3 Å². The van der Waals surface area contributed by atoms with Crippen molar-refractivity contribution < 1.29 is 27.8 Å². The van der Waals surface area contributed by atoms with Crippen LogP contribution in [-0.4, -0.2) is 56.8 Å². The number of aryl methyl sites for hydroxylation is 1. The summed E-state index contributed by atoms with van der Waals surface area (Å²) in [6.07, 6.45) is -2.36. The molecular weight excluding hydrogens is 453 g/mol. The standard InChI is InChI=1S/C21H25F3N6O3.CH4/c1-10-15-17(30(4)16(18(31)28-15)20(2,3)32)29-19(26-10)27-11-7-13(8-11)33-12-5-6-14(25-9-12)21(22,23)24;/h5-6,9,11,13,16,32H,7-8H2,1-4H3,(H,28,31)(H,26,27,29);1H4/t11?,13?,16-;/m1./s1. The molecular formula is C22H29F3N6O3. The number of fused-ring (bicyclic) bond motifs is 1. The minimum Gasteiger partial charge on any atom is -0.489 e. The molecule has 3 N–H and O–H groups in total. The molecule has 2 aromatic rings. The van der Waals surface area contributed by atoms with Crippen molar-refractivity contribution in [3.63, 3.8) is 0 Å². The maximum atomic E-state index is 12.6. The Balaban J connectivity index is 0.00000324. The summed E-state index contributed by atoms with van der Waals surface area (Å²) in [4.78, 5) is 26.5. The third-order valence-corrected chi connectivity index (χ3v) is 5.72. The molecule has 2 aromatic heterocycles. The second-order valence-electron chi connectivity index (χ2n) is 8.92. The second kappa shape index (κ2) is 8.90. The molecule has 0 aromatic carbocycles. The van der Waals surface area contributed by atoms with Gasteiger partial charge in [0.15, 0.2) is 5.82 Å². The normalized spacial score (nSPS) is 22.2. The Morgan fingerprint density at radius 3 is 2.47 bits per heavy atom. The van der Waals surface area contributed by atoms with E-state index in [4.69, 9.17) is 4.74 Å². The average Bonchev–Trinajstić information content (AvgIpc) is 2.66. The van der Waals surface area contributed by atoms with Gasteiger partial charge in [-0.15, -0.1) is 0 Å². The number of anilines is 3. The number of pyridine rings is 1. The molecule has 4 rings (SSSR count). The highest BCUT2D eigenvalue weighted by Gasteiger charge is 2.42. The summed E-state index contributed by atoms with van der Waals surface area (Å²) >= 11 is 0. The SMILES string of the molecule is C.Cc1nc(NC2CC(Oc3ccc(C(F)(F)F)nc3)C2)nc2c1NC(=O)[C@H](C(C)(C)O)N2C. The molecule has 0 saturated heterocycles. The van der Waals surface area contributed by atoms with Gasteiger partial charge < -0.3 is 25.4 Å². The minimum atomic E-state index is -4.49. The summed E-state index contributed by atoms with van der Waals surface area (Å²) in [5.74, 6) is 0.826. The Hall–Kier alpha value is -3.15. The van der Waals surface area contributed by atoms with Gasteiger partial charge >= 0.3 is 6.18 Å². The van der Waals surface area contributed by atoms with Gasteiger partial charge in [0.05, 0.1) is 17.5 Å². The van der Waals surface area contributed by atoms with Crippen LogP contribution in [0.15, 0.2) is 18.3 Å². The van der Waals surface area contributed by atoms with E-state index in [9.17, 15) is 23.1 Å². The van der Waals surface area contributed by atoms with Gasteiger partial charge in [-0.05, 0) is 32.9 Å². The molecule has 1 aliphatic carbocycles. The number of carbonyl (C=O) groups is 1. The number of aliphatic hydroxyl groups is 1. The second-order valence-corrected chi connectivity index (χ2v) is 8.92. The number of aromatic nitrogens is 3. The maximum Gasteiger partial charge on any atom is 0.433 e. The monoisotopic (exact) mass is 482 g/mol. The first kappa shape index (κ1) is 25.5. The Morgan fingerprint density at radius 1 is 1.24 bits per heavy atom. The van der Waals surface area contributed by atoms with E-state index in [0.717, 1.165) is 12.3 Å². The quantitative estimate of drug-likeness (QED) is 0.595. The highest BCUT2D eigenvalue weighted by atomic mass is 19.4. The van der Waals surface area contributed by atoms with Gasteiger partial charge in [0.2, 0.25) is 11.9 Å². The van der Waals surface area contributed by atoms with Crippen molar-refractivity contribution in [1.82, 2.24) is 15.0 Å². The van der Waals surface area contributed by atoms with Crippen LogP contribution in [0.3, 0.4) is 0 Å². The summed E-state index contributed by atoms with van der Waals surface area (Å²) in [6.45, 7) is 4.88. The Labute approximate surface area is 195 Å². The van der Waals surface area contributed by atoms with Crippen LogP contribution in [0.25, 0.3) is 0 Å². The first-order chi connectivity index (χ1) is 15.3. The molecule has 1 amide bonds. The largest absolute Gasteiger partial charge is 0.489 e. The molecule has 186 valence electrons. The van der Waals surface area contributed by atoms with E-state index in [2.05, 4.69) is 25.6 Å². The van der Waals surface area contributed by atoms with Crippen LogP contribution in [0.2, 0.25) is 0 Å². The third kappa shape index (κ3) is 5.01. The fraction of sp³-hybridized carbons (Fsp3) is 0.545. The van der Waals surface area contributed by atoms with E-state index in [0.29, 0.717) is 36.0 Å². The number of nitrogens with one attached hydrogen (secondary N) is 2. The van der Waals surface area contributed by atoms with Crippen molar-refractivity contribution in [2.24, 2.45) is 0 Å². The molecule has 3 heterocycles. The number of alkyl halides is 3. The zero-order chi connectivity index (χ0) is 24.1. The summed E-state index contributed by atoms with van der Waals surface area (Å²) in [5.41, 5.74) is -1.16. The van der Waals surface area contributed by atoms with Gasteiger partial charge in [-0.2, -0.15) is 18.2 Å². The van der Waals surface area contributed by atoms with Crippen LogP contribution in [-0.2, 0) is 11.0 Å². The molecule has 1 aliphatic heterocycles. The molecule has 1 atom stereocenters. The molecule has 9 nitrogen and oxygen atoms in total. The van der Waals surface area contributed by atoms with E-state index >= 15 is 0 Å². The van der Waals surface area contributed by atoms with Crippen LogP contribution in [0, 0.1) is 6.92 Å². The minimum absolute atomic E-state index is 0. The van der Waals surface area contributed by atoms with Crippen molar-refractivity contribution in [2.75, 3.05) is 22.6 Å². The van der Waals surface area contributed by atoms with Crippen molar-refractivity contribution in [3.05, 3.63) is 29.7 Å². The molecule has 0 bridgehead atoms. The van der Waals surface area contributed by atoms with Crippen LogP contribution in [0.5, 0.6) is 5.75 Å². The molecule has 12 heteroatoms. The number of ether oxygens (including phenoxy) is 1. The smallest absolute Gasteiger partial charge is 0.433 e. The fourth-order valence-electron chi connectivity index (χ4n) is 4.08. The number of hydrogen-bond acceptors (Lipinski definition) is 8. The average molecular weight is 483 g/mol. The number of halogens is 3. The van der Waals surface area contributed by atoms with Crippen LogP contribution in [0.4, 0.5) is 30.6 Å². The van der Waals surface area contributed by atoms with Gasteiger partial charge in [0, 0.05) is 25.9 Å². The molecule has 0 radical (unpaired) electrons. The van der Waals surface area contributed by atoms with E-state index in [-0.39, 0.29) is 31.2 Å². The molecule has 2 aliphatic rings. The lowest BCUT2D eigenvalue weighted by molar-refractivity contribution is -0.141. The zero-order valence-corrected chi connectivity index (χ0v) is 18.6. The highest BCUT2D eigenvalue weighted by molar-refractivity contribution is 6.04. The number of rotatable bonds is 5. The lowest BCUT2D eigenvalue weighted by Gasteiger charge is -2.41. The van der Waals surface area contributed by atoms with Crippen molar-refractivity contribution in [1.29, 1.82) is 0 Å². The van der Waals surface area contributed by atoms with E-state index < -0.39 is 23.5 Å². The Morgan fingerprint density at radius 2 is 1.91 bits per heavy atom. The lowest BCUT2D eigenvalue weighted by atomic mass is 9.89. The van der Waals surface area contributed by atoms with Gasteiger partial charge in [0.25, 0.3) is 0 Å². The zero-order valence-electron chi connectivity index (χ0n) is 18.6. The number of amides is 1. The van der Waals surface area contributed by atoms with Crippen molar-refractivity contribution >= 4 is 23.4 Å². The fourth-order valence-corrected chi connectivity index (χ4v) is 4.08. The number of hydrogen-bond donors (Lipinski definition) is 3. The summed E-state index contributed by atoms with van der Waals surface area (Å²) in [6, 6.07) is 1.36. The lowest BCUT2D eigenvalue weighted by Crippen LogP contribution is -2.57. The molecule has 1 saturated carbocycles. The van der Waals surface area contributed by atoms with Crippen molar-refractivity contribution in [2.45, 2.75) is 71.0 Å². The van der Waals surface area contributed by atoms with Gasteiger partial charge in [-0.25, -0.2) is 9.97 Å². The highest BCUT2D eigenvalue weighted by Crippen LogP contribution is 2.36. The summed E-state index contributed by atoms with van der Waals surface area (Å²) in [5, 5.41) is 16.4. The predicted molar refractivity (Wildman–Crippen MR) is 121 cm³/mol. The Kier molecular flexibility index (Phi) is 6.66. The predicted octanol–water partition coefficient (Wildman–Crippen LogP) is 3.38. The van der Waals surface area contributed by atoms with Crippen LogP contribution in [0.1, 0.15) is 45.5 Å².